The number of anilines is 1. The maximum atomic E-state index is 12.6. The second-order valence-electron chi connectivity index (χ2n) is 6.96. The molecular weight excluding hydrogens is 414 g/mol. The molecule has 3 rings (SSSR count). The van der Waals surface area contributed by atoms with Gasteiger partial charge in [0.1, 0.15) is 0 Å². The van der Waals surface area contributed by atoms with Crippen LogP contribution < -0.4 is 5.32 Å². The summed E-state index contributed by atoms with van der Waals surface area (Å²) in [5.74, 6) is -1.25. The van der Waals surface area contributed by atoms with Gasteiger partial charge in [-0.05, 0) is 42.8 Å². The van der Waals surface area contributed by atoms with E-state index in [-0.39, 0.29) is 18.6 Å². The van der Waals surface area contributed by atoms with Crippen molar-refractivity contribution < 1.29 is 19.1 Å². The van der Waals surface area contributed by atoms with Crippen LogP contribution in [0.1, 0.15) is 30.1 Å². The Labute approximate surface area is 186 Å². The lowest BCUT2D eigenvalue weighted by Crippen LogP contribution is -2.30. The Balaban J connectivity index is 1.54. The number of hydrogen-bond acceptors (Lipinski definition) is 4. The minimum Gasteiger partial charge on any atom is -0.453 e. The molecule has 0 radical (unpaired) electrons. The molecule has 3 aromatic rings. The minimum absolute atomic E-state index is 0.00829. The summed E-state index contributed by atoms with van der Waals surface area (Å²) in [7, 11) is 0. The van der Waals surface area contributed by atoms with Crippen LogP contribution in [0.25, 0.3) is 11.1 Å². The molecule has 0 fully saturated rings. The van der Waals surface area contributed by atoms with Gasteiger partial charge in [0.25, 0.3) is 5.91 Å². The number of ether oxygens (including phenoxy) is 1. The highest BCUT2D eigenvalue weighted by Gasteiger charge is 2.20. The van der Waals surface area contributed by atoms with Gasteiger partial charge < -0.3 is 10.1 Å². The molecule has 31 heavy (non-hydrogen) atoms. The average Bonchev–Trinajstić information content (AvgIpc) is 2.79. The van der Waals surface area contributed by atoms with Crippen molar-refractivity contribution in [3.8, 4) is 11.1 Å². The summed E-state index contributed by atoms with van der Waals surface area (Å²) in [4.78, 5) is 36.8. The van der Waals surface area contributed by atoms with Gasteiger partial charge in [0.15, 0.2) is 11.9 Å². The zero-order valence-corrected chi connectivity index (χ0v) is 17.8. The molecule has 158 valence electrons. The summed E-state index contributed by atoms with van der Waals surface area (Å²) in [5, 5.41) is 3.35. The molecule has 0 aliphatic heterocycles. The van der Waals surface area contributed by atoms with Gasteiger partial charge in [-0.25, -0.2) is 0 Å². The van der Waals surface area contributed by atoms with Gasteiger partial charge in [-0.3, -0.25) is 14.4 Å². The average molecular weight is 436 g/mol. The van der Waals surface area contributed by atoms with Gasteiger partial charge >= 0.3 is 5.97 Å². The number of benzene rings is 3. The van der Waals surface area contributed by atoms with Crippen molar-refractivity contribution in [1.29, 1.82) is 0 Å². The van der Waals surface area contributed by atoms with E-state index in [1.807, 2.05) is 48.5 Å². The predicted octanol–water partition coefficient (Wildman–Crippen LogP) is 5.54. The van der Waals surface area contributed by atoms with E-state index in [1.165, 1.54) is 6.92 Å². The van der Waals surface area contributed by atoms with Crippen LogP contribution >= 0.6 is 11.6 Å². The summed E-state index contributed by atoms with van der Waals surface area (Å²) in [6.07, 6.45) is -1.12. The molecule has 0 heterocycles. The summed E-state index contributed by atoms with van der Waals surface area (Å²) in [6, 6.07) is 23.5. The molecular formula is C25H22ClNO4. The maximum absolute atomic E-state index is 12.6. The van der Waals surface area contributed by atoms with Crippen LogP contribution in [-0.4, -0.2) is 23.8 Å². The third-order valence-electron chi connectivity index (χ3n) is 4.67. The lowest BCUT2D eigenvalue weighted by Gasteiger charge is -2.16. The van der Waals surface area contributed by atoms with Gasteiger partial charge in [-0.15, -0.1) is 0 Å². The number of amides is 1. The van der Waals surface area contributed by atoms with Crippen LogP contribution in [-0.2, 0) is 14.3 Å². The second-order valence-corrected chi connectivity index (χ2v) is 7.40. The Morgan fingerprint density at radius 2 is 1.52 bits per heavy atom. The largest absolute Gasteiger partial charge is 0.453 e. The Morgan fingerprint density at radius 3 is 2.23 bits per heavy atom. The van der Waals surface area contributed by atoms with Crippen molar-refractivity contribution >= 4 is 34.9 Å². The lowest BCUT2D eigenvalue weighted by atomic mass is 10.0. The summed E-state index contributed by atoms with van der Waals surface area (Å²) in [6.45, 7) is 1.50. The Morgan fingerprint density at radius 1 is 0.871 bits per heavy atom. The van der Waals surface area contributed by atoms with Crippen LogP contribution in [0.4, 0.5) is 5.69 Å². The van der Waals surface area contributed by atoms with Crippen molar-refractivity contribution in [2.24, 2.45) is 0 Å². The first kappa shape index (κ1) is 22.2. The van der Waals surface area contributed by atoms with Crippen molar-refractivity contribution in [1.82, 2.24) is 0 Å². The first-order valence-electron chi connectivity index (χ1n) is 9.87. The van der Waals surface area contributed by atoms with Crippen molar-refractivity contribution in [3.63, 3.8) is 0 Å². The van der Waals surface area contributed by atoms with E-state index in [4.69, 9.17) is 16.3 Å². The van der Waals surface area contributed by atoms with Crippen LogP contribution in [0.5, 0.6) is 0 Å². The number of ketones is 1. The van der Waals surface area contributed by atoms with Crippen molar-refractivity contribution in [3.05, 3.63) is 89.4 Å². The maximum Gasteiger partial charge on any atom is 0.307 e. The molecule has 0 spiro atoms. The molecule has 1 unspecified atom stereocenters. The Kier molecular flexibility index (Phi) is 7.57. The zero-order valence-electron chi connectivity index (χ0n) is 17.0. The van der Waals surface area contributed by atoms with E-state index in [9.17, 15) is 14.4 Å². The molecule has 0 aromatic heterocycles. The number of nitrogens with one attached hydrogen (secondary N) is 1. The normalized spacial score (nSPS) is 11.4. The zero-order chi connectivity index (χ0) is 22.2. The van der Waals surface area contributed by atoms with E-state index in [0.29, 0.717) is 16.3 Å². The molecule has 3 aromatic carbocycles. The molecule has 0 saturated carbocycles. The number of esters is 1. The molecule has 1 N–H and O–H groups in total. The third kappa shape index (κ3) is 6.27. The molecule has 1 atom stereocenters. The first-order valence-corrected chi connectivity index (χ1v) is 10.3. The number of rotatable bonds is 8. The fourth-order valence-corrected chi connectivity index (χ4v) is 3.13. The Bertz CT molecular complexity index is 1060. The topological polar surface area (TPSA) is 72.5 Å². The quantitative estimate of drug-likeness (QED) is 0.372. The number of carbonyl (C=O) groups excluding carboxylic acids is 3. The van der Waals surface area contributed by atoms with E-state index in [1.54, 1.807) is 30.3 Å². The van der Waals surface area contributed by atoms with Gasteiger partial charge in [0.2, 0.25) is 0 Å². The molecule has 0 aliphatic carbocycles. The van der Waals surface area contributed by atoms with Crippen LogP contribution in [0.2, 0.25) is 5.02 Å². The highest BCUT2D eigenvalue weighted by Crippen LogP contribution is 2.27. The fraction of sp³-hybridized carbons (Fsp3) is 0.160. The van der Waals surface area contributed by atoms with Crippen molar-refractivity contribution in [2.45, 2.75) is 25.9 Å². The second kappa shape index (κ2) is 10.5. The molecule has 0 aliphatic rings. The SMILES string of the molecule is CC(OC(=O)CCC(=O)c1ccc(Cl)cc1)C(=O)Nc1ccccc1-c1ccccc1. The third-order valence-corrected chi connectivity index (χ3v) is 4.92. The minimum atomic E-state index is -0.998. The van der Waals surface area contributed by atoms with Gasteiger partial charge in [-0.1, -0.05) is 60.1 Å². The number of Topliss-reactive ketones (excluding diaryl/α,β-unsaturated/α-hetero) is 1. The van der Waals surface area contributed by atoms with E-state index < -0.39 is 18.0 Å². The number of halogens is 1. The van der Waals surface area contributed by atoms with E-state index in [2.05, 4.69) is 5.32 Å². The molecule has 0 saturated heterocycles. The van der Waals surface area contributed by atoms with Crippen molar-refractivity contribution in [2.75, 3.05) is 5.32 Å². The number of para-hydroxylation sites is 1. The highest BCUT2D eigenvalue weighted by atomic mass is 35.5. The molecule has 6 heteroatoms. The van der Waals surface area contributed by atoms with E-state index >= 15 is 0 Å². The van der Waals surface area contributed by atoms with E-state index in [0.717, 1.165) is 11.1 Å². The molecule has 1 amide bonds. The smallest absolute Gasteiger partial charge is 0.307 e. The molecule has 5 nitrogen and oxygen atoms in total. The first-order chi connectivity index (χ1) is 14.9. The van der Waals surface area contributed by atoms with Crippen LogP contribution in [0.3, 0.4) is 0 Å². The Hall–Kier alpha value is -3.44. The van der Waals surface area contributed by atoms with Crippen LogP contribution in [0, 0.1) is 0 Å². The highest BCUT2D eigenvalue weighted by molar-refractivity contribution is 6.30. The summed E-state index contributed by atoms with van der Waals surface area (Å²) in [5.41, 5.74) is 2.92. The van der Waals surface area contributed by atoms with Crippen LogP contribution in [0.15, 0.2) is 78.9 Å². The van der Waals surface area contributed by atoms with Gasteiger partial charge in [-0.2, -0.15) is 0 Å². The molecule has 0 bridgehead atoms. The monoisotopic (exact) mass is 435 g/mol. The number of hydrogen-bond donors (Lipinski definition) is 1. The fourth-order valence-electron chi connectivity index (χ4n) is 3.00. The summed E-state index contributed by atoms with van der Waals surface area (Å²) >= 11 is 5.81. The van der Waals surface area contributed by atoms with Gasteiger partial charge in [0, 0.05) is 28.3 Å². The predicted molar refractivity (Wildman–Crippen MR) is 121 cm³/mol. The summed E-state index contributed by atoms with van der Waals surface area (Å²) < 4.78 is 5.21. The van der Waals surface area contributed by atoms with Gasteiger partial charge in [0.05, 0.1) is 6.42 Å². The standard InChI is InChI=1S/C25H22ClNO4/c1-17(31-24(29)16-15-23(28)19-11-13-20(26)14-12-19)25(30)27-22-10-6-5-9-21(22)18-7-3-2-4-8-18/h2-14,17H,15-16H2,1H3,(H,27,30). The number of carbonyl (C=O) groups is 3. The lowest BCUT2D eigenvalue weighted by molar-refractivity contribution is -0.153.